The molecule has 1 heterocycles. The summed E-state index contributed by atoms with van der Waals surface area (Å²) < 4.78 is 37.7. The first-order valence-corrected chi connectivity index (χ1v) is 5.06. The summed E-state index contributed by atoms with van der Waals surface area (Å²) in [5.74, 6) is 0.0652. The smallest absolute Gasteiger partial charge is 0.399 e. The van der Waals surface area contributed by atoms with Crippen molar-refractivity contribution in [2.45, 2.75) is 19.6 Å². The molecule has 2 rings (SSSR count). The molecule has 0 spiro atoms. The number of tetrazole rings is 1. The summed E-state index contributed by atoms with van der Waals surface area (Å²) in [6.45, 7) is 0.537. The molecule has 1 aromatic carbocycles. The molecule has 96 valence electrons. The predicted octanol–water partition coefficient (Wildman–Crippen LogP) is 1.79. The maximum absolute atomic E-state index is 12.3. The second kappa shape index (κ2) is 4.28. The van der Waals surface area contributed by atoms with Gasteiger partial charge in [-0.3, -0.25) is 0 Å². The largest absolute Gasteiger partial charge is 0.408 e. The van der Waals surface area contributed by atoms with Gasteiger partial charge in [0.25, 0.3) is 0 Å². The first-order valence-electron chi connectivity index (χ1n) is 5.06. The van der Waals surface area contributed by atoms with E-state index in [1.807, 2.05) is 0 Å². The third-order valence-electron chi connectivity index (χ3n) is 2.39. The van der Waals surface area contributed by atoms with E-state index in [9.17, 15) is 13.2 Å². The number of nitrogens with two attached hydrogens (primary N) is 1. The first kappa shape index (κ1) is 12.3. The maximum Gasteiger partial charge on any atom is 0.408 e. The maximum atomic E-state index is 12.3. The molecule has 2 N–H and O–H groups in total. The minimum Gasteiger partial charge on any atom is -0.399 e. The van der Waals surface area contributed by atoms with Crippen LogP contribution < -0.4 is 5.73 Å². The zero-order chi connectivity index (χ0) is 13.3. The molecule has 0 amide bonds. The third-order valence-corrected chi connectivity index (χ3v) is 2.39. The predicted molar refractivity (Wildman–Crippen MR) is 58.5 cm³/mol. The van der Waals surface area contributed by atoms with E-state index in [0.29, 0.717) is 15.9 Å². The van der Waals surface area contributed by atoms with E-state index in [1.165, 1.54) is 0 Å². The van der Waals surface area contributed by atoms with E-state index >= 15 is 0 Å². The summed E-state index contributed by atoms with van der Waals surface area (Å²) in [5.41, 5.74) is 7.46. The minimum atomic E-state index is -4.37. The Labute approximate surface area is 100 Å². The van der Waals surface area contributed by atoms with Gasteiger partial charge in [-0.15, -0.1) is 5.10 Å². The Bertz CT molecular complexity index is 561. The Morgan fingerprint density at radius 3 is 2.67 bits per heavy atom. The summed E-state index contributed by atoms with van der Waals surface area (Å²) in [6, 6.07) is 4.84. The van der Waals surface area contributed by atoms with Gasteiger partial charge in [-0.2, -0.15) is 13.2 Å². The minimum absolute atomic E-state index is 0.0652. The van der Waals surface area contributed by atoms with Crippen LogP contribution in [0.25, 0.3) is 11.4 Å². The van der Waals surface area contributed by atoms with Crippen molar-refractivity contribution < 1.29 is 13.2 Å². The number of alkyl halides is 3. The number of aromatic nitrogens is 4. The van der Waals surface area contributed by atoms with E-state index < -0.39 is 12.7 Å². The number of anilines is 1. The molecule has 0 aliphatic carbocycles. The van der Waals surface area contributed by atoms with Gasteiger partial charge in [-0.1, -0.05) is 0 Å². The standard InChI is InChI=1S/C10H10F3N5/c1-6-4-7(2-3-8(6)14)9-15-16-17-18(9)5-10(11,12)13/h2-4H,5,14H2,1H3. The Balaban J connectivity index is 2.39. The highest BCUT2D eigenvalue weighted by Gasteiger charge is 2.30. The van der Waals surface area contributed by atoms with Gasteiger partial charge >= 0.3 is 6.18 Å². The number of hydrogen-bond donors (Lipinski definition) is 1. The van der Waals surface area contributed by atoms with Crippen LogP contribution in [-0.4, -0.2) is 26.4 Å². The fourth-order valence-corrected chi connectivity index (χ4v) is 1.50. The monoisotopic (exact) mass is 257 g/mol. The molecule has 0 atom stereocenters. The van der Waals surface area contributed by atoms with Crippen molar-refractivity contribution in [3.8, 4) is 11.4 Å². The number of rotatable bonds is 2. The number of benzene rings is 1. The van der Waals surface area contributed by atoms with Crippen LogP contribution in [0.2, 0.25) is 0 Å². The van der Waals surface area contributed by atoms with Gasteiger partial charge < -0.3 is 5.73 Å². The van der Waals surface area contributed by atoms with Crippen molar-refractivity contribution in [3.05, 3.63) is 23.8 Å². The molecule has 0 aliphatic heterocycles. The average Bonchev–Trinajstić information content (AvgIpc) is 2.67. The molecule has 0 bridgehead atoms. The molecular weight excluding hydrogens is 247 g/mol. The number of nitrogens with zero attached hydrogens (tertiary/aromatic N) is 4. The van der Waals surface area contributed by atoms with E-state index in [4.69, 9.17) is 5.73 Å². The van der Waals surface area contributed by atoms with E-state index in [0.717, 1.165) is 5.56 Å². The molecule has 8 heteroatoms. The number of nitrogen functional groups attached to an aromatic ring is 1. The summed E-state index contributed by atoms with van der Waals surface area (Å²) in [6.07, 6.45) is -4.37. The Hall–Kier alpha value is -2.12. The van der Waals surface area contributed by atoms with Crippen molar-refractivity contribution in [3.63, 3.8) is 0 Å². The average molecular weight is 257 g/mol. The van der Waals surface area contributed by atoms with Crippen LogP contribution in [0.5, 0.6) is 0 Å². The van der Waals surface area contributed by atoms with Crippen LogP contribution in [0.15, 0.2) is 18.2 Å². The fourth-order valence-electron chi connectivity index (χ4n) is 1.50. The molecule has 5 nitrogen and oxygen atoms in total. The van der Waals surface area contributed by atoms with Crippen LogP contribution in [0.1, 0.15) is 5.56 Å². The molecule has 2 aromatic rings. The first-order chi connectivity index (χ1) is 8.37. The van der Waals surface area contributed by atoms with Crippen LogP contribution >= 0.6 is 0 Å². The lowest BCUT2D eigenvalue weighted by Gasteiger charge is -2.08. The molecule has 1 aromatic heterocycles. The van der Waals surface area contributed by atoms with Crippen LogP contribution in [0, 0.1) is 6.92 Å². The zero-order valence-electron chi connectivity index (χ0n) is 9.44. The lowest BCUT2D eigenvalue weighted by atomic mass is 10.1. The molecule has 0 saturated heterocycles. The van der Waals surface area contributed by atoms with Crippen molar-refractivity contribution in [2.24, 2.45) is 0 Å². The summed E-state index contributed by atoms with van der Waals surface area (Å²) >= 11 is 0. The lowest BCUT2D eigenvalue weighted by molar-refractivity contribution is -0.142. The Morgan fingerprint density at radius 1 is 1.33 bits per heavy atom. The Kier molecular flexibility index (Phi) is 2.93. The topological polar surface area (TPSA) is 69.6 Å². The molecule has 0 unspecified atom stereocenters. The van der Waals surface area contributed by atoms with Crippen molar-refractivity contribution >= 4 is 5.69 Å². The molecule has 18 heavy (non-hydrogen) atoms. The number of halogens is 3. The molecule has 0 fully saturated rings. The van der Waals surface area contributed by atoms with E-state index in [-0.39, 0.29) is 5.82 Å². The van der Waals surface area contributed by atoms with Crippen LogP contribution in [-0.2, 0) is 6.54 Å². The lowest BCUT2D eigenvalue weighted by Crippen LogP contribution is -2.19. The number of hydrogen-bond acceptors (Lipinski definition) is 4. The van der Waals surface area contributed by atoms with E-state index in [2.05, 4.69) is 15.5 Å². The normalized spacial score (nSPS) is 11.8. The van der Waals surface area contributed by atoms with Gasteiger partial charge in [0.05, 0.1) is 0 Å². The second-order valence-electron chi connectivity index (χ2n) is 3.85. The Morgan fingerprint density at radius 2 is 2.06 bits per heavy atom. The number of aryl methyl sites for hydroxylation is 1. The second-order valence-corrected chi connectivity index (χ2v) is 3.85. The van der Waals surface area contributed by atoms with E-state index in [1.54, 1.807) is 25.1 Å². The summed E-state index contributed by atoms with van der Waals surface area (Å²) in [7, 11) is 0. The molecule has 0 aliphatic rings. The van der Waals surface area contributed by atoms with Gasteiger partial charge in [0.15, 0.2) is 5.82 Å². The van der Waals surface area contributed by atoms with Gasteiger partial charge in [0.1, 0.15) is 6.54 Å². The summed E-state index contributed by atoms with van der Waals surface area (Å²) in [5, 5.41) is 10.2. The van der Waals surface area contributed by atoms with Crippen molar-refractivity contribution in [2.75, 3.05) is 5.73 Å². The van der Waals surface area contributed by atoms with Gasteiger partial charge in [0.2, 0.25) is 0 Å². The molecule has 0 saturated carbocycles. The van der Waals surface area contributed by atoms with Crippen molar-refractivity contribution in [1.29, 1.82) is 0 Å². The van der Waals surface area contributed by atoms with Gasteiger partial charge in [0, 0.05) is 11.3 Å². The van der Waals surface area contributed by atoms with Crippen LogP contribution in [0.3, 0.4) is 0 Å². The quantitative estimate of drug-likeness (QED) is 0.833. The van der Waals surface area contributed by atoms with Crippen LogP contribution in [0.4, 0.5) is 18.9 Å². The van der Waals surface area contributed by atoms with Gasteiger partial charge in [-0.25, -0.2) is 4.68 Å². The highest BCUT2D eigenvalue weighted by atomic mass is 19.4. The summed E-state index contributed by atoms with van der Waals surface area (Å²) in [4.78, 5) is 0. The SMILES string of the molecule is Cc1cc(-c2nnnn2CC(F)(F)F)ccc1N. The highest BCUT2D eigenvalue weighted by Crippen LogP contribution is 2.24. The van der Waals surface area contributed by atoms with Gasteiger partial charge in [-0.05, 0) is 41.1 Å². The van der Waals surface area contributed by atoms with Crippen molar-refractivity contribution in [1.82, 2.24) is 20.2 Å². The zero-order valence-corrected chi connectivity index (χ0v) is 9.44. The molecular formula is C10H10F3N5. The fraction of sp³-hybridized carbons (Fsp3) is 0.300. The highest BCUT2D eigenvalue weighted by molar-refractivity contribution is 5.61. The third kappa shape index (κ3) is 2.58. The molecule has 0 radical (unpaired) electrons.